The van der Waals surface area contributed by atoms with E-state index in [4.69, 9.17) is 0 Å². The Balaban J connectivity index is 1.44. The summed E-state index contributed by atoms with van der Waals surface area (Å²) in [5.74, 6) is 0.100. The van der Waals surface area contributed by atoms with Crippen LogP contribution >= 0.6 is 0 Å². The first kappa shape index (κ1) is 19.2. The number of hydrogen-bond donors (Lipinski definition) is 1. The minimum atomic E-state index is -3.18. The topological polar surface area (TPSA) is 69.7 Å². The molecule has 2 aliphatic rings. The van der Waals surface area contributed by atoms with Crippen LogP contribution in [0.15, 0.2) is 24.3 Å². The van der Waals surface area contributed by atoms with Crippen LogP contribution in [0.25, 0.3) is 0 Å². The second kappa shape index (κ2) is 8.86. The van der Waals surface area contributed by atoms with Gasteiger partial charge in [-0.1, -0.05) is 12.8 Å². The van der Waals surface area contributed by atoms with E-state index in [1.807, 2.05) is 0 Å². The van der Waals surface area contributed by atoms with Crippen molar-refractivity contribution in [3.05, 3.63) is 29.8 Å². The highest BCUT2D eigenvalue weighted by Crippen LogP contribution is 2.24. The van der Waals surface area contributed by atoms with E-state index in [-0.39, 0.29) is 11.7 Å². The van der Waals surface area contributed by atoms with E-state index in [0.717, 1.165) is 13.0 Å². The van der Waals surface area contributed by atoms with E-state index < -0.39 is 10.0 Å². The van der Waals surface area contributed by atoms with Crippen molar-refractivity contribution < 1.29 is 13.2 Å². The number of carbonyl (C=O) groups excluding carboxylic acids is 1. The largest absolute Gasteiger partial charge is 0.352 e. The first-order chi connectivity index (χ1) is 12.6. The number of carbonyl (C=O) groups is 1. The van der Waals surface area contributed by atoms with Gasteiger partial charge in [0.2, 0.25) is 10.0 Å². The Bertz CT molecular complexity index is 695. The highest BCUT2D eigenvalue weighted by molar-refractivity contribution is 7.93. The molecule has 7 heteroatoms. The summed E-state index contributed by atoms with van der Waals surface area (Å²) >= 11 is 0. The highest BCUT2D eigenvalue weighted by atomic mass is 32.2. The van der Waals surface area contributed by atoms with Gasteiger partial charge in [0.1, 0.15) is 0 Å². The molecule has 1 aromatic rings. The molecule has 0 atom stereocenters. The lowest BCUT2D eigenvalue weighted by Gasteiger charge is -2.19. The van der Waals surface area contributed by atoms with Gasteiger partial charge in [-0.25, -0.2) is 8.42 Å². The molecule has 0 aromatic heterocycles. The molecule has 0 aliphatic carbocycles. The Morgan fingerprint density at radius 2 is 1.65 bits per heavy atom. The molecule has 144 valence electrons. The van der Waals surface area contributed by atoms with Gasteiger partial charge in [0, 0.05) is 18.7 Å². The smallest absolute Gasteiger partial charge is 0.251 e. The summed E-state index contributed by atoms with van der Waals surface area (Å²) in [6.45, 7) is 4.57. The van der Waals surface area contributed by atoms with Crippen LogP contribution in [-0.2, 0) is 10.0 Å². The second-order valence-electron chi connectivity index (χ2n) is 7.15. The molecule has 26 heavy (non-hydrogen) atoms. The van der Waals surface area contributed by atoms with Crippen LogP contribution in [0.4, 0.5) is 5.69 Å². The number of nitrogens with zero attached hydrogens (tertiary/aromatic N) is 2. The van der Waals surface area contributed by atoms with Gasteiger partial charge < -0.3 is 10.2 Å². The minimum Gasteiger partial charge on any atom is -0.352 e. The van der Waals surface area contributed by atoms with Gasteiger partial charge in [-0.2, -0.15) is 0 Å². The van der Waals surface area contributed by atoms with Gasteiger partial charge >= 0.3 is 0 Å². The minimum absolute atomic E-state index is 0.100. The monoisotopic (exact) mass is 379 g/mol. The van der Waals surface area contributed by atoms with Crippen molar-refractivity contribution in [3.63, 3.8) is 0 Å². The number of sulfonamides is 1. The molecule has 2 fully saturated rings. The quantitative estimate of drug-likeness (QED) is 0.770. The van der Waals surface area contributed by atoms with Gasteiger partial charge in [-0.05, 0) is 69.6 Å². The number of amides is 1. The highest BCUT2D eigenvalue weighted by Gasteiger charge is 2.28. The molecule has 6 nitrogen and oxygen atoms in total. The zero-order chi connectivity index (χ0) is 18.4. The zero-order valence-corrected chi connectivity index (χ0v) is 16.1. The van der Waals surface area contributed by atoms with Crippen LogP contribution < -0.4 is 9.62 Å². The van der Waals surface area contributed by atoms with Crippen LogP contribution in [0.3, 0.4) is 0 Å². The Morgan fingerprint density at radius 1 is 0.962 bits per heavy atom. The second-order valence-corrected chi connectivity index (χ2v) is 9.17. The number of likely N-dealkylation sites (tertiary alicyclic amines) is 1. The Hall–Kier alpha value is -1.60. The standard InChI is InChI=1S/C19H29N3O3S/c23-19(20-11-5-14-21-12-3-1-2-4-13-21)17-7-9-18(10-8-17)22-15-6-16-26(22,24)25/h7-10H,1-6,11-16H2,(H,20,23). The molecule has 2 saturated heterocycles. The van der Waals surface area contributed by atoms with E-state index in [1.165, 1.54) is 43.1 Å². The average Bonchev–Trinajstić information content (AvgIpc) is 2.83. The molecule has 0 radical (unpaired) electrons. The van der Waals surface area contributed by atoms with Gasteiger partial charge in [0.15, 0.2) is 0 Å². The number of anilines is 1. The average molecular weight is 380 g/mol. The lowest BCUT2D eigenvalue weighted by molar-refractivity contribution is 0.0951. The van der Waals surface area contributed by atoms with E-state index >= 15 is 0 Å². The van der Waals surface area contributed by atoms with Crippen LogP contribution in [0.5, 0.6) is 0 Å². The van der Waals surface area contributed by atoms with Gasteiger partial charge in [-0.15, -0.1) is 0 Å². The molecule has 1 amide bonds. The SMILES string of the molecule is O=C(NCCCN1CCCCCC1)c1ccc(N2CCCS2(=O)=O)cc1. The Labute approximate surface area is 156 Å². The predicted octanol–water partition coefficient (Wildman–Crippen LogP) is 2.22. The molecule has 2 heterocycles. The van der Waals surface area contributed by atoms with Gasteiger partial charge in [0.25, 0.3) is 5.91 Å². The summed E-state index contributed by atoms with van der Waals surface area (Å²) in [5, 5.41) is 2.96. The molecule has 0 spiro atoms. The van der Waals surface area contributed by atoms with E-state index in [0.29, 0.717) is 30.8 Å². The van der Waals surface area contributed by atoms with Crippen molar-refractivity contribution in [2.24, 2.45) is 0 Å². The summed E-state index contributed by atoms with van der Waals surface area (Å²) < 4.78 is 25.3. The third-order valence-electron chi connectivity index (χ3n) is 5.15. The first-order valence-electron chi connectivity index (χ1n) is 9.67. The summed E-state index contributed by atoms with van der Waals surface area (Å²) in [6, 6.07) is 6.84. The third-order valence-corrected chi connectivity index (χ3v) is 7.02. The zero-order valence-electron chi connectivity index (χ0n) is 15.3. The summed E-state index contributed by atoms with van der Waals surface area (Å²) in [4.78, 5) is 14.7. The summed E-state index contributed by atoms with van der Waals surface area (Å²) in [6.07, 6.45) is 6.85. The van der Waals surface area contributed by atoms with Crippen molar-refractivity contribution in [1.29, 1.82) is 0 Å². The normalized spacial score (nSPS) is 20.7. The first-order valence-corrected chi connectivity index (χ1v) is 11.3. The fourth-order valence-corrected chi connectivity index (χ4v) is 5.24. The Morgan fingerprint density at radius 3 is 2.27 bits per heavy atom. The number of nitrogens with one attached hydrogen (secondary N) is 1. The van der Waals surface area contributed by atoms with Crippen LogP contribution in [0.1, 0.15) is 48.9 Å². The number of hydrogen-bond acceptors (Lipinski definition) is 4. The maximum absolute atomic E-state index is 12.3. The molecule has 1 aromatic carbocycles. The Kier molecular flexibility index (Phi) is 6.53. The molecule has 2 aliphatic heterocycles. The molecule has 0 saturated carbocycles. The molecular formula is C19H29N3O3S. The number of benzene rings is 1. The predicted molar refractivity (Wildman–Crippen MR) is 104 cm³/mol. The van der Waals surface area contributed by atoms with Crippen molar-refractivity contribution in [2.45, 2.75) is 38.5 Å². The molecule has 3 rings (SSSR count). The fraction of sp³-hybridized carbons (Fsp3) is 0.632. The van der Waals surface area contributed by atoms with Gasteiger partial charge in [0.05, 0.1) is 11.4 Å². The molecule has 1 N–H and O–H groups in total. The van der Waals surface area contributed by atoms with E-state index in [9.17, 15) is 13.2 Å². The fourth-order valence-electron chi connectivity index (χ4n) is 3.68. The van der Waals surface area contributed by atoms with E-state index in [2.05, 4.69) is 10.2 Å². The van der Waals surface area contributed by atoms with Crippen molar-refractivity contribution >= 4 is 21.6 Å². The van der Waals surface area contributed by atoms with Crippen molar-refractivity contribution in [2.75, 3.05) is 42.8 Å². The third kappa shape index (κ3) is 4.98. The van der Waals surface area contributed by atoms with Crippen LogP contribution in [0.2, 0.25) is 0 Å². The lowest BCUT2D eigenvalue weighted by Crippen LogP contribution is -2.30. The summed E-state index contributed by atoms with van der Waals surface area (Å²) in [7, 11) is -3.18. The van der Waals surface area contributed by atoms with Crippen molar-refractivity contribution in [3.8, 4) is 0 Å². The van der Waals surface area contributed by atoms with Crippen LogP contribution in [0, 0.1) is 0 Å². The van der Waals surface area contributed by atoms with E-state index in [1.54, 1.807) is 24.3 Å². The number of rotatable bonds is 6. The molecule has 0 bridgehead atoms. The van der Waals surface area contributed by atoms with Crippen molar-refractivity contribution in [1.82, 2.24) is 10.2 Å². The van der Waals surface area contributed by atoms with Crippen LogP contribution in [-0.4, -0.2) is 57.7 Å². The van der Waals surface area contributed by atoms with Gasteiger partial charge in [-0.3, -0.25) is 9.10 Å². The summed E-state index contributed by atoms with van der Waals surface area (Å²) in [5.41, 5.74) is 1.21. The molecule has 0 unspecified atom stereocenters. The maximum Gasteiger partial charge on any atom is 0.251 e. The lowest BCUT2D eigenvalue weighted by atomic mass is 10.2. The maximum atomic E-state index is 12.3. The molecular weight excluding hydrogens is 350 g/mol.